The van der Waals surface area contributed by atoms with E-state index in [-0.39, 0.29) is 0 Å². The average molecular weight is 264 g/mol. The van der Waals surface area contributed by atoms with Gasteiger partial charge in [-0.15, -0.1) is 0 Å². The minimum Gasteiger partial charge on any atom is -0.343 e. The Balaban J connectivity index is 1.58. The van der Waals surface area contributed by atoms with Gasteiger partial charge in [0.25, 0.3) is 0 Å². The van der Waals surface area contributed by atoms with Crippen molar-refractivity contribution in [3.05, 3.63) is 0 Å². The molecule has 3 fully saturated rings. The predicted octanol–water partition coefficient (Wildman–Crippen LogP) is 2.41. The zero-order chi connectivity index (χ0) is 13.5. The molecule has 0 aromatic rings. The third-order valence-corrected chi connectivity index (χ3v) is 5.89. The summed E-state index contributed by atoms with van der Waals surface area (Å²) in [5.74, 6) is 1.58. The summed E-state index contributed by atoms with van der Waals surface area (Å²) >= 11 is 0. The number of amides is 1. The maximum atomic E-state index is 12.7. The molecule has 3 unspecified atom stereocenters. The zero-order valence-electron chi connectivity index (χ0n) is 12.5. The van der Waals surface area contributed by atoms with E-state index in [9.17, 15) is 4.79 Å². The van der Waals surface area contributed by atoms with Gasteiger partial charge in [-0.25, -0.2) is 0 Å². The van der Waals surface area contributed by atoms with Gasteiger partial charge in [0, 0.05) is 19.0 Å². The molecular weight excluding hydrogens is 236 g/mol. The molecule has 1 amide bonds. The van der Waals surface area contributed by atoms with Crippen molar-refractivity contribution in [2.24, 2.45) is 17.3 Å². The normalized spacial score (nSPS) is 37.1. The van der Waals surface area contributed by atoms with Crippen LogP contribution in [-0.4, -0.2) is 37.0 Å². The van der Waals surface area contributed by atoms with Crippen molar-refractivity contribution in [2.45, 2.75) is 57.9 Å². The largest absolute Gasteiger partial charge is 0.343 e. The molecule has 3 aliphatic rings. The Morgan fingerprint density at radius 1 is 1.26 bits per heavy atom. The van der Waals surface area contributed by atoms with Crippen LogP contribution in [0.5, 0.6) is 0 Å². The van der Waals surface area contributed by atoms with E-state index >= 15 is 0 Å². The zero-order valence-corrected chi connectivity index (χ0v) is 12.5. The lowest BCUT2D eigenvalue weighted by atomic mass is 9.86. The number of hydrogen-bond donors (Lipinski definition) is 1. The summed E-state index contributed by atoms with van der Waals surface area (Å²) in [5, 5.41) is 3.41. The maximum absolute atomic E-state index is 12.7. The molecule has 0 aromatic heterocycles. The Labute approximate surface area is 117 Å². The van der Waals surface area contributed by atoms with Crippen LogP contribution in [0.3, 0.4) is 0 Å². The summed E-state index contributed by atoms with van der Waals surface area (Å²) in [7, 11) is 2.05. The van der Waals surface area contributed by atoms with Crippen LogP contribution in [0.1, 0.15) is 51.9 Å². The van der Waals surface area contributed by atoms with Gasteiger partial charge in [0.1, 0.15) is 0 Å². The van der Waals surface area contributed by atoms with Gasteiger partial charge in [-0.3, -0.25) is 4.79 Å². The van der Waals surface area contributed by atoms with Crippen molar-refractivity contribution < 1.29 is 4.79 Å². The van der Waals surface area contributed by atoms with Crippen molar-refractivity contribution in [1.82, 2.24) is 10.2 Å². The highest BCUT2D eigenvalue weighted by atomic mass is 16.2. The van der Waals surface area contributed by atoms with Gasteiger partial charge < -0.3 is 10.2 Å². The fourth-order valence-electron chi connectivity index (χ4n) is 4.35. The summed E-state index contributed by atoms with van der Waals surface area (Å²) in [6.45, 7) is 4.54. The lowest BCUT2D eigenvalue weighted by Crippen LogP contribution is -2.42. The molecule has 3 rings (SSSR count). The second kappa shape index (κ2) is 5.08. The molecule has 1 spiro atoms. The Morgan fingerprint density at radius 3 is 2.68 bits per heavy atom. The first kappa shape index (κ1) is 13.4. The Kier molecular flexibility index (Phi) is 3.59. The van der Waals surface area contributed by atoms with Gasteiger partial charge in [-0.05, 0) is 56.5 Å². The second-order valence-electron chi connectivity index (χ2n) is 7.24. The predicted molar refractivity (Wildman–Crippen MR) is 76.8 cm³/mol. The van der Waals surface area contributed by atoms with Crippen LogP contribution in [0.25, 0.3) is 0 Å². The number of rotatable bonds is 2. The number of piperidine rings is 1. The summed E-state index contributed by atoms with van der Waals surface area (Å²) < 4.78 is 0. The molecular formula is C16H28N2O. The van der Waals surface area contributed by atoms with Crippen LogP contribution < -0.4 is 5.32 Å². The minimum atomic E-state index is 0.344. The molecule has 0 radical (unpaired) electrons. The van der Waals surface area contributed by atoms with Crippen molar-refractivity contribution >= 4 is 5.91 Å². The molecule has 1 aliphatic heterocycles. The molecule has 3 atom stereocenters. The highest BCUT2D eigenvalue weighted by Crippen LogP contribution is 2.59. The van der Waals surface area contributed by atoms with Crippen molar-refractivity contribution in [2.75, 3.05) is 20.1 Å². The Hall–Kier alpha value is -0.570. The quantitative estimate of drug-likeness (QED) is 0.830. The van der Waals surface area contributed by atoms with E-state index in [1.807, 2.05) is 0 Å². The van der Waals surface area contributed by atoms with E-state index in [0.717, 1.165) is 25.4 Å². The number of carbonyl (C=O) groups is 1. The van der Waals surface area contributed by atoms with E-state index in [0.29, 0.717) is 23.3 Å². The topological polar surface area (TPSA) is 32.3 Å². The highest BCUT2D eigenvalue weighted by molar-refractivity contribution is 5.82. The first-order valence-corrected chi connectivity index (χ1v) is 8.10. The van der Waals surface area contributed by atoms with Gasteiger partial charge in [-0.2, -0.15) is 0 Å². The molecule has 1 heterocycles. The van der Waals surface area contributed by atoms with Gasteiger partial charge in [0.15, 0.2) is 0 Å². The Morgan fingerprint density at radius 2 is 2.00 bits per heavy atom. The van der Waals surface area contributed by atoms with Crippen LogP contribution in [0, 0.1) is 17.3 Å². The third-order valence-electron chi connectivity index (χ3n) is 5.89. The first-order chi connectivity index (χ1) is 9.12. The maximum Gasteiger partial charge on any atom is 0.226 e. The van der Waals surface area contributed by atoms with E-state index < -0.39 is 0 Å². The molecule has 1 N–H and O–H groups in total. The molecule has 108 valence electrons. The summed E-state index contributed by atoms with van der Waals surface area (Å²) in [6, 6.07) is 0.510. The number of carbonyl (C=O) groups excluding carboxylic acids is 1. The fraction of sp³-hybridized carbons (Fsp3) is 0.938. The van der Waals surface area contributed by atoms with Gasteiger partial charge in [-0.1, -0.05) is 19.8 Å². The Bertz CT molecular complexity index is 349. The summed E-state index contributed by atoms with van der Waals surface area (Å²) in [4.78, 5) is 14.8. The van der Waals surface area contributed by atoms with E-state index in [1.54, 1.807) is 0 Å². The number of hydrogen-bond acceptors (Lipinski definition) is 2. The lowest BCUT2D eigenvalue weighted by molar-refractivity contribution is -0.135. The fourth-order valence-corrected chi connectivity index (χ4v) is 4.35. The minimum absolute atomic E-state index is 0.344. The van der Waals surface area contributed by atoms with Crippen LogP contribution in [0.15, 0.2) is 0 Å². The van der Waals surface area contributed by atoms with Crippen molar-refractivity contribution in [1.29, 1.82) is 0 Å². The van der Waals surface area contributed by atoms with E-state index in [1.165, 1.54) is 38.5 Å². The number of nitrogens with one attached hydrogen (secondary N) is 1. The standard InChI is InChI=1S/C16H28N2O/c1-12-4-3-5-13(10-12)18(2)15(19)14-11-16(14)6-8-17-9-7-16/h12-14,17H,3-11H2,1-2H3. The smallest absolute Gasteiger partial charge is 0.226 e. The van der Waals surface area contributed by atoms with Crippen LogP contribution >= 0.6 is 0 Å². The first-order valence-electron chi connectivity index (χ1n) is 8.10. The molecule has 2 aliphatic carbocycles. The summed E-state index contributed by atoms with van der Waals surface area (Å²) in [6.07, 6.45) is 8.63. The second-order valence-corrected chi connectivity index (χ2v) is 7.24. The monoisotopic (exact) mass is 264 g/mol. The SMILES string of the molecule is CC1CCCC(N(C)C(=O)C2CC23CCNCC3)C1. The van der Waals surface area contributed by atoms with E-state index in [2.05, 4.69) is 24.2 Å². The van der Waals surface area contributed by atoms with Crippen LogP contribution in [-0.2, 0) is 4.79 Å². The number of nitrogens with zero attached hydrogens (tertiary/aromatic N) is 1. The molecule has 0 bridgehead atoms. The molecule has 1 saturated heterocycles. The van der Waals surface area contributed by atoms with Crippen LogP contribution in [0.2, 0.25) is 0 Å². The van der Waals surface area contributed by atoms with Gasteiger partial charge in [0.2, 0.25) is 5.91 Å². The molecule has 2 saturated carbocycles. The molecule has 19 heavy (non-hydrogen) atoms. The van der Waals surface area contributed by atoms with Crippen molar-refractivity contribution in [3.8, 4) is 0 Å². The van der Waals surface area contributed by atoms with Crippen molar-refractivity contribution in [3.63, 3.8) is 0 Å². The molecule has 3 nitrogen and oxygen atoms in total. The molecule has 3 heteroatoms. The van der Waals surface area contributed by atoms with Crippen LogP contribution in [0.4, 0.5) is 0 Å². The van der Waals surface area contributed by atoms with Gasteiger partial charge >= 0.3 is 0 Å². The summed E-state index contributed by atoms with van der Waals surface area (Å²) in [5.41, 5.74) is 0.386. The third kappa shape index (κ3) is 2.54. The highest BCUT2D eigenvalue weighted by Gasteiger charge is 2.58. The molecule has 0 aromatic carbocycles. The average Bonchev–Trinajstić information content (AvgIpc) is 3.11. The lowest BCUT2D eigenvalue weighted by Gasteiger charge is -2.35. The van der Waals surface area contributed by atoms with E-state index in [4.69, 9.17) is 0 Å². The van der Waals surface area contributed by atoms with Gasteiger partial charge in [0.05, 0.1) is 0 Å².